The van der Waals surface area contributed by atoms with E-state index in [4.69, 9.17) is 0 Å². The average Bonchev–Trinajstić information content (AvgIpc) is 2.99. The normalized spacial score (nSPS) is 14.2. The topological polar surface area (TPSA) is 29.0 Å². The summed E-state index contributed by atoms with van der Waals surface area (Å²) in [5, 5.41) is 8.15. The first kappa shape index (κ1) is 12.7. The molecule has 0 amide bonds. The predicted octanol–water partition coefficient (Wildman–Crippen LogP) is 2.42. The standard InChI is InChI=1S/C16H23N3/c1-3-6-19-11-12(4-5-17-2)15-7-13-9-18-10-14(13)8-16(15)19/h7-8,11,17-18H,3-6,9-10H2,1-2H3. The number of rotatable bonds is 5. The van der Waals surface area contributed by atoms with Crippen molar-refractivity contribution in [3.05, 3.63) is 35.0 Å². The summed E-state index contributed by atoms with van der Waals surface area (Å²) in [6.07, 6.45) is 4.65. The minimum Gasteiger partial charge on any atom is -0.347 e. The number of hydrogen-bond donors (Lipinski definition) is 2. The Morgan fingerprint density at radius 3 is 2.79 bits per heavy atom. The van der Waals surface area contributed by atoms with Crippen LogP contribution in [0, 0.1) is 0 Å². The maximum absolute atomic E-state index is 3.44. The molecular weight excluding hydrogens is 234 g/mol. The van der Waals surface area contributed by atoms with Gasteiger partial charge in [-0.2, -0.15) is 0 Å². The fourth-order valence-electron chi connectivity index (χ4n) is 3.04. The summed E-state index contributed by atoms with van der Waals surface area (Å²) in [6.45, 7) is 6.45. The van der Waals surface area contributed by atoms with Gasteiger partial charge in [0.1, 0.15) is 0 Å². The summed E-state index contributed by atoms with van der Waals surface area (Å²) < 4.78 is 2.43. The molecular formula is C16H23N3. The van der Waals surface area contributed by atoms with Gasteiger partial charge in [-0.15, -0.1) is 0 Å². The van der Waals surface area contributed by atoms with Crippen molar-refractivity contribution in [1.82, 2.24) is 15.2 Å². The largest absolute Gasteiger partial charge is 0.347 e. The zero-order valence-corrected chi connectivity index (χ0v) is 11.9. The Hall–Kier alpha value is -1.32. The smallest absolute Gasteiger partial charge is 0.0486 e. The summed E-state index contributed by atoms with van der Waals surface area (Å²) in [6, 6.07) is 4.80. The molecule has 3 heteroatoms. The van der Waals surface area contributed by atoms with E-state index in [1.807, 2.05) is 7.05 Å². The Balaban J connectivity index is 2.09. The number of fused-ring (bicyclic) bond motifs is 2. The second-order valence-corrected chi connectivity index (χ2v) is 5.44. The van der Waals surface area contributed by atoms with Gasteiger partial charge in [0, 0.05) is 36.7 Å². The van der Waals surface area contributed by atoms with Crippen LogP contribution in [0.15, 0.2) is 18.3 Å². The van der Waals surface area contributed by atoms with E-state index < -0.39 is 0 Å². The average molecular weight is 257 g/mol. The van der Waals surface area contributed by atoms with E-state index in [0.717, 1.165) is 32.6 Å². The molecule has 0 bridgehead atoms. The summed E-state index contributed by atoms with van der Waals surface area (Å²) in [5.74, 6) is 0. The van der Waals surface area contributed by atoms with E-state index in [1.54, 1.807) is 0 Å². The number of benzene rings is 1. The molecule has 0 atom stereocenters. The van der Waals surface area contributed by atoms with E-state index in [9.17, 15) is 0 Å². The molecule has 0 saturated carbocycles. The molecule has 3 nitrogen and oxygen atoms in total. The third-order valence-electron chi connectivity index (χ3n) is 4.02. The molecule has 0 saturated heterocycles. The van der Waals surface area contributed by atoms with Crippen molar-refractivity contribution < 1.29 is 0 Å². The van der Waals surface area contributed by atoms with Crippen LogP contribution >= 0.6 is 0 Å². The molecule has 1 aliphatic rings. The molecule has 0 unspecified atom stereocenters. The van der Waals surface area contributed by atoms with Crippen LogP contribution in [0.4, 0.5) is 0 Å². The van der Waals surface area contributed by atoms with Crippen molar-refractivity contribution in [2.45, 2.75) is 39.4 Å². The lowest BCUT2D eigenvalue weighted by atomic mass is 10.0. The fraction of sp³-hybridized carbons (Fsp3) is 0.500. The van der Waals surface area contributed by atoms with E-state index in [2.05, 4.69) is 40.5 Å². The van der Waals surface area contributed by atoms with Gasteiger partial charge in [0.25, 0.3) is 0 Å². The quantitative estimate of drug-likeness (QED) is 0.861. The lowest BCUT2D eigenvalue weighted by Crippen LogP contribution is -2.10. The van der Waals surface area contributed by atoms with Crippen LogP contribution < -0.4 is 10.6 Å². The van der Waals surface area contributed by atoms with Crippen molar-refractivity contribution in [1.29, 1.82) is 0 Å². The maximum Gasteiger partial charge on any atom is 0.0486 e. The highest BCUT2D eigenvalue weighted by Crippen LogP contribution is 2.28. The van der Waals surface area contributed by atoms with Gasteiger partial charge >= 0.3 is 0 Å². The fourth-order valence-corrected chi connectivity index (χ4v) is 3.04. The monoisotopic (exact) mass is 257 g/mol. The molecule has 0 aliphatic carbocycles. The minimum absolute atomic E-state index is 1.02. The number of aromatic nitrogens is 1. The van der Waals surface area contributed by atoms with Crippen LogP contribution in [0.25, 0.3) is 10.9 Å². The highest BCUT2D eigenvalue weighted by molar-refractivity contribution is 5.86. The molecule has 2 aromatic rings. The first-order valence-corrected chi connectivity index (χ1v) is 7.32. The van der Waals surface area contributed by atoms with Crippen molar-refractivity contribution in [2.75, 3.05) is 13.6 Å². The minimum atomic E-state index is 1.02. The molecule has 3 rings (SSSR count). The van der Waals surface area contributed by atoms with Gasteiger partial charge in [-0.25, -0.2) is 0 Å². The first-order valence-electron chi connectivity index (χ1n) is 7.32. The Labute approximate surface area is 115 Å². The highest BCUT2D eigenvalue weighted by Gasteiger charge is 2.15. The molecule has 1 aromatic carbocycles. The zero-order valence-electron chi connectivity index (χ0n) is 11.9. The molecule has 2 heterocycles. The van der Waals surface area contributed by atoms with Gasteiger partial charge in [0.2, 0.25) is 0 Å². The van der Waals surface area contributed by atoms with Crippen molar-refractivity contribution in [3.8, 4) is 0 Å². The van der Waals surface area contributed by atoms with E-state index >= 15 is 0 Å². The molecule has 2 N–H and O–H groups in total. The number of hydrogen-bond acceptors (Lipinski definition) is 2. The van der Waals surface area contributed by atoms with Gasteiger partial charge in [0.05, 0.1) is 0 Å². The van der Waals surface area contributed by atoms with E-state index in [1.165, 1.54) is 34.0 Å². The summed E-state index contributed by atoms with van der Waals surface area (Å²) >= 11 is 0. The second kappa shape index (κ2) is 5.35. The lowest BCUT2D eigenvalue weighted by Gasteiger charge is -2.05. The number of aryl methyl sites for hydroxylation is 1. The summed E-state index contributed by atoms with van der Waals surface area (Å²) in [5.41, 5.74) is 5.85. The van der Waals surface area contributed by atoms with Crippen LogP contribution in [0.2, 0.25) is 0 Å². The third kappa shape index (κ3) is 2.28. The van der Waals surface area contributed by atoms with Crippen LogP contribution in [0.5, 0.6) is 0 Å². The Morgan fingerprint density at radius 2 is 2.05 bits per heavy atom. The predicted molar refractivity (Wildman–Crippen MR) is 80.4 cm³/mol. The SMILES string of the molecule is CCCn1cc(CCNC)c2cc3c(cc21)CNC3. The number of nitrogens with one attached hydrogen (secondary N) is 2. The van der Waals surface area contributed by atoms with Crippen LogP contribution in [-0.4, -0.2) is 18.2 Å². The summed E-state index contributed by atoms with van der Waals surface area (Å²) in [4.78, 5) is 0. The van der Waals surface area contributed by atoms with Gasteiger partial charge < -0.3 is 15.2 Å². The molecule has 0 fully saturated rings. The molecule has 19 heavy (non-hydrogen) atoms. The molecule has 0 spiro atoms. The Bertz CT molecular complexity index is 583. The molecule has 1 aliphatic heterocycles. The van der Waals surface area contributed by atoms with E-state index in [-0.39, 0.29) is 0 Å². The Kier molecular flexibility index (Phi) is 3.58. The second-order valence-electron chi connectivity index (χ2n) is 5.44. The van der Waals surface area contributed by atoms with Crippen LogP contribution in [0.1, 0.15) is 30.0 Å². The van der Waals surface area contributed by atoms with Crippen molar-refractivity contribution in [2.24, 2.45) is 0 Å². The molecule has 1 aromatic heterocycles. The first-order chi connectivity index (χ1) is 9.33. The molecule has 0 radical (unpaired) electrons. The highest BCUT2D eigenvalue weighted by atomic mass is 15.0. The van der Waals surface area contributed by atoms with Crippen molar-refractivity contribution >= 4 is 10.9 Å². The van der Waals surface area contributed by atoms with Gasteiger partial charge in [-0.1, -0.05) is 6.92 Å². The van der Waals surface area contributed by atoms with Gasteiger partial charge in [-0.05, 0) is 55.3 Å². The third-order valence-corrected chi connectivity index (χ3v) is 4.02. The lowest BCUT2D eigenvalue weighted by molar-refractivity contribution is 0.698. The zero-order chi connectivity index (χ0) is 13.2. The molecule has 102 valence electrons. The van der Waals surface area contributed by atoms with Crippen LogP contribution in [0.3, 0.4) is 0 Å². The maximum atomic E-state index is 3.44. The van der Waals surface area contributed by atoms with Crippen LogP contribution in [-0.2, 0) is 26.1 Å². The van der Waals surface area contributed by atoms with Gasteiger partial charge in [0.15, 0.2) is 0 Å². The van der Waals surface area contributed by atoms with E-state index in [0.29, 0.717) is 0 Å². The summed E-state index contributed by atoms with van der Waals surface area (Å²) in [7, 11) is 2.02. The van der Waals surface area contributed by atoms with Crippen molar-refractivity contribution in [3.63, 3.8) is 0 Å². The Morgan fingerprint density at radius 1 is 1.26 bits per heavy atom. The number of likely N-dealkylation sites (N-methyl/N-ethyl adjacent to an activating group) is 1. The number of nitrogens with zero attached hydrogens (tertiary/aromatic N) is 1. The van der Waals surface area contributed by atoms with Gasteiger partial charge in [-0.3, -0.25) is 0 Å².